The summed E-state index contributed by atoms with van der Waals surface area (Å²) in [6.45, 7) is 3.38. The van der Waals surface area contributed by atoms with Gasteiger partial charge in [-0.2, -0.15) is 0 Å². The van der Waals surface area contributed by atoms with Gasteiger partial charge in [0.05, 0.1) is 0 Å². The number of aliphatic hydroxyl groups excluding tert-OH is 1. The smallest absolute Gasteiger partial charge is 0.251 e. The zero-order valence-electron chi connectivity index (χ0n) is 7.37. The van der Waals surface area contributed by atoms with E-state index in [-0.39, 0.29) is 11.7 Å². The molecular weight excluding hydrogens is 166 g/mol. The van der Waals surface area contributed by atoms with Gasteiger partial charge in [-0.3, -0.25) is 4.79 Å². The summed E-state index contributed by atoms with van der Waals surface area (Å²) in [5.74, 6) is -0.140. The van der Waals surface area contributed by atoms with Crippen molar-refractivity contribution in [2.75, 3.05) is 7.05 Å². The molecule has 0 aliphatic rings. The van der Waals surface area contributed by atoms with Crippen molar-refractivity contribution in [1.29, 1.82) is 0 Å². The molecule has 0 aliphatic heterocycles. The molecular formula is C10H11NO2. The highest BCUT2D eigenvalue weighted by Gasteiger charge is 2.02. The van der Waals surface area contributed by atoms with Crippen LogP contribution in [0, 0.1) is 0 Å². The van der Waals surface area contributed by atoms with Crippen molar-refractivity contribution in [2.24, 2.45) is 0 Å². The van der Waals surface area contributed by atoms with Crippen LogP contribution >= 0.6 is 0 Å². The molecule has 0 heterocycles. The minimum absolute atomic E-state index is 0.00320. The van der Waals surface area contributed by atoms with E-state index in [0.717, 1.165) is 0 Å². The lowest BCUT2D eigenvalue weighted by atomic mass is 10.1. The highest BCUT2D eigenvalue weighted by molar-refractivity contribution is 5.94. The van der Waals surface area contributed by atoms with Gasteiger partial charge >= 0.3 is 0 Å². The molecule has 1 amide bonds. The zero-order valence-corrected chi connectivity index (χ0v) is 7.37. The highest BCUT2D eigenvalue weighted by atomic mass is 16.3. The second kappa shape index (κ2) is 3.76. The molecule has 3 heteroatoms. The zero-order chi connectivity index (χ0) is 9.84. The van der Waals surface area contributed by atoms with Crippen molar-refractivity contribution in [2.45, 2.75) is 0 Å². The van der Waals surface area contributed by atoms with Crippen LogP contribution in [0.15, 0.2) is 30.8 Å². The fraction of sp³-hybridized carbons (Fsp3) is 0.100. The van der Waals surface area contributed by atoms with Gasteiger partial charge in [0.2, 0.25) is 0 Å². The van der Waals surface area contributed by atoms with E-state index in [1.54, 1.807) is 31.3 Å². The van der Waals surface area contributed by atoms with Crippen LogP contribution in [-0.2, 0) is 0 Å². The average Bonchev–Trinajstić information content (AvgIpc) is 2.17. The maximum absolute atomic E-state index is 11.1. The first kappa shape index (κ1) is 9.32. The third-order valence-corrected chi connectivity index (χ3v) is 1.71. The van der Waals surface area contributed by atoms with Gasteiger partial charge in [-0.15, -0.1) is 0 Å². The molecule has 0 atom stereocenters. The number of carbonyl (C=O) groups is 1. The summed E-state index contributed by atoms with van der Waals surface area (Å²) < 4.78 is 0. The monoisotopic (exact) mass is 177 g/mol. The number of benzene rings is 1. The Bertz CT molecular complexity index is 327. The molecule has 0 fully saturated rings. The Morgan fingerprint density at radius 3 is 2.15 bits per heavy atom. The first-order valence-electron chi connectivity index (χ1n) is 3.85. The third-order valence-electron chi connectivity index (χ3n) is 1.71. The molecule has 68 valence electrons. The molecule has 0 saturated heterocycles. The van der Waals surface area contributed by atoms with Gasteiger partial charge in [0.1, 0.15) is 5.76 Å². The number of amides is 1. The Morgan fingerprint density at radius 1 is 1.31 bits per heavy atom. The number of hydrogen-bond acceptors (Lipinski definition) is 2. The Balaban J connectivity index is 2.93. The summed E-state index contributed by atoms with van der Waals surface area (Å²) in [4.78, 5) is 11.1. The SMILES string of the molecule is C=C(O)c1ccc(C(=O)NC)cc1. The van der Waals surface area contributed by atoms with Crippen LogP contribution in [0.1, 0.15) is 15.9 Å². The molecule has 1 aromatic carbocycles. The summed E-state index contributed by atoms with van der Waals surface area (Å²) in [6.07, 6.45) is 0. The molecule has 3 nitrogen and oxygen atoms in total. The third kappa shape index (κ3) is 2.08. The van der Waals surface area contributed by atoms with Crippen LogP contribution in [0.4, 0.5) is 0 Å². The van der Waals surface area contributed by atoms with Crippen LogP contribution in [-0.4, -0.2) is 18.1 Å². The predicted octanol–water partition coefficient (Wildman–Crippen LogP) is 1.57. The minimum Gasteiger partial charge on any atom is -0.508 e. The lowest BCUT2D eigenvalue weighted by molar-refractivity contribution is 0.0963. The summed E-state index contributed by atoms with van der Waals surface area (Å²) in [5.41, 5.74) is 1.18. The van der Waals surface area contributed by atoms with Crippen LogP contribution in [0.3, 0.4) is 0 Å². The van der Waals surface area contributed by atoms with E-state index < -0.39 is 0 Å². The number of nitrogens with one attached hydrogen (secondary N) is 1. The molecule has 0 unspecified atom stereocenters. The topological polar surface area (TPSA) is 49.3 Å². The fourth-order valence-corrected chi connectivity index (χ4v) is 0.958. The maximum atomic E-state index is 11.1. The van der Waals surface area contributed by atoms with E-state index in [4.69, 9.17) is 5.11 Å². The number of rotatable bonds is 2. The molecule has 1 aromatic rings. The van der Waals surface area contributed by atoms with Gasteiger partial charge in [0, 0.05) is 18.2 Å². The molecule has 0 spiro atoms. The van der Waals surface area contributed by atoms with Gasteiger partial charge in [0.25, 0.3) is 5.91 Å². The molecule has 1 rings (SSSR count). The molecule has 0 radical (unpaired) electrons. The average molecular weight is 177 g/mol. The maximum Gasteiger partial charge on any atom is 0.251 e. The van der Waals surface area contributed by atoms with Crippen LogP contribution in [0.5, 0.6) is 0 Å². The Labute approximate surface area is 76.7 Å². The van der Waals surface area contributed by atoms with E-state index in [9.17, 15) is 4.79 Å². The van der Waals surface area contributed by atoms with Crippen molar-refractivity contribution >= 4 is 11.7 Å². The van der Waals surface area contributed by atoms with Gasteiger partial charge < -0.3 is 10.4 Å². The lowest BCUT2D eigenvalue weighted by Crippen LogP contribution is -2.17. The van der Waals surface area contributed by atoms with Crippen LogP contribution in [0.2, 0.25) is 0 Å². The Morgan fingerprint density at radius 2 is 1.77 bits per heavy atom. The van der Waals surface area contributed by atoms with E-state index in [2.05, 4.69) is 11.9 Å². The van der Waals surface area contributed by atoms with Crippen molar-refractivity contribution in [3.05, 3.63) is 42.0 Å². The van der Waals surface area contributed by atoms with Crippen molar-refractivity contribution < 1.29 is 9.90 Å². The fourth-order valence-electron chi connectivity index (χ4n) is 0.958. The van der Waals surface area contributed by atoms with E-state index in [0.29, 0.717) is 11.1 Å². The van der Waals surface area contributed by atoms with Gasteiger partial charge in [-0.05, 0) is 12.1 Å². The van der Waals surface area contributed by atoms with Crippen molar-refractivity contribution in [3.8, 4) is 0 Å². The highest BCUT2D eigenvalue weighted by Crippen LogP contribution is 2.10. The quantitative estimate of drug-likeness (QED) is 0.674. The minimum atomic E-state index is -0.143. The van der Waals surface area contributed by atoms with E-state index in [1.165, 1.54) is 0 Å². The first-order chi connectivity index (χ1) is 6.15. The number of aliphatic hydroxyl groups is 1. The van der Waals surface area contributed by atoms with E-state index >= 15 is 0 Å². The second-order valence-electron chi connectivity index (χ2n) is 2.60. The van der Waals surface area contributed by atoms with Gasteiger partial charge in [-0.25, -0.2) is 0 Å². The summed E-state index contributed by atoms with van der Waals surface area (Å²) in [5, 5.41) is 11.5. The van der Waals surface area contributed by atoms with Crippen molar-refractivity contribution in [1.82, 2.24) is 5.32 Å². The molecule has 13 heavy (non-hydrogen) atoms. The van der Waals surface area contributed by atoms with Gasteiger partial charge in [0.15, 0.2) is 0 Å². The molecule has 0 bridgehead atoms. The lowest BCUT2D eigenvalue weighted by Gasteiger charge is -2.01. The first-order valence-corrected chi connectivity index (χ1v) is 3.85. The largest absolute Gasteiger partial charge is 0.508 e. The van der Waals surface area contributed by atoms with Crippen LogP contribution in [0.25, 0.3) is 5.76 Å². The van der Waals surface area contributed by atoms with E-state index in [1.807, 2.05) is 0 Å². The van der Waals surface area contributed by atoms with Crippen molar-refractivity contribution in [3.63, 3.8) is 0 Å². The molecule has 0 aromatic heterocycles. The summed E-state index contributed by atoms with van der Waals surface area (Å²) in [6, 6.07) is 6.56. The normalized spacial score (nSPS) is 9.31. The number of hydrogen-bond donors (Lipinski definition) is 2. The predicted molar refractivity (Wildman–Crippen MR) is 51.5 cm³/mol. The molecule has 0 aliphatic carbocycles. The summed E-state index contributed by atoms with van der Waals surface area (Å²) >= 11 is 0. The van der Waals surface area contributed by atoms with Crippen LogP contribution < -0.4 is 5.32 Å². The summed E-state index contributed by atoms with van der Waals surface area (Å²) in [7, 11) is 1.57. The second-order valence-corrected chi connectivity index (χ2v) is 2.60. The van der Waals surface area contributed by atoms with Gasteiger partial charge in [-0.1, -0.05) is 18.7 Å². The molecule has 2 N–H and O–H groups in total. The standard InChI is InChI=1S/C10H11NO2/c1-7(12)8-3-5-9(6-4-8)10(13)11-2/h3-6,12H,1H2,2H3,(H,11,13). The number of carbonyl (C=O) groups excluding carboxylic acids is 1. The Kier molecular flexibility index (Phi) is 2.69. The Hall–Kier alpha value is -1.77. The molecule has 0 saturated carbocycles.